The summed E-state index contributed by atoms with van der Waals surface area (Å²) in [5.74, 6) is 0.0224. The van der Waals surface area contributed by atoms with Crippen molar-refractivity contribution in [1.82, 2.24) is 25.7 Å². The van der Waals surface area contributed by atoms with Crippen molar-refractivity contribution in [1.29, 1.82) is 0 Å². The van der Waals surface area contributed by atoms with E-state index >= 15 is 0 Å². The van der Waals surface area contributed by atoms with E-state index in [-0.39, 0.29) is 30.1 Å². The third-order valence-electron chi connectivity index (χ3n) is 3.29. The summed E-state index contributed by atoms with van der Waals surface area (Å²) in [6.45, 7) is 1.23. The van der Waals surface area contributed by atoms with Gasteiger partial charge < -0.3 is 20.1 Å². The molecule has 110 valence electrons. The Kier molecular flexibility index (Phi) is 4.67. The standard InChI is InChI=1S/C12H19N5O3/c1-13-9(18)5-7-17(2)12(19)10-15-11(20-16-10)8-4-3-6-14-8/h8,14H,3-7H2,1-2H3,(H,13,18). The normalized spacial score (nSPS) is 18.0. The number of carbonyl (C=O) groups excluding carboxylic acids is 2. The molecule has 1 aliphatic rings. The average molecular weight is 281 g/mol. The topological polar surface area (TPSA) is 100 Å². The average Bonchev–Trinajstić information content (AvgIpc) is 3.13. The summed E-state index contributed by atoms with van der Waals surface area (Å²) >= 11 is 0. The number of rotatable bonds is 5. The lowest BCUT2D eigenvalue weighted by Gasteiger charge is -2.13. The molecule has 0 spiro atoms. The molecule has 1 unspecified atom stereocenters. The zero-order valence-electron chi connectivity index (χ0n) is 11.7. The quantitative estimate of drug-likeness (QED) is 0.768. The van der Waals surface area contributed by atoms with Crippen LogP contribution in [-0.4, -0.2) is 54.0 Å². The number of carbonyl (C=O) groups is 2. The molecule has 0 aromatic carbocycles. The summed E-state index contributed by atoms with van der Waals surface area (Å²) in [5.41, 5.74) is 0. The molecule has 2 heterocycles. The van der Waals surface area contributed by atoms with Gasteiger partial charge in [-0.05, 0) is 19.4 Å². The molecule has 1 saturated heterocycles. The Labute approximate surface area is 116 Å². The number of nitrogens with zero attached hydrogens (tertiary/aromatic N) is 3. The van der Waals surface area contributed by atoms with Crippen LogP contribution in [0.3, 0.4) is 0 Å². The maximum atomic E-state index is 12.1. The van der Waals surface area contributed by atoms with Gasteiger partial charge in [-0.25, -0.2) is 0 Å². The van der Waals surface area contributed by atoms with E-state index < -0.39 is 0 Å². The second-order valence-electron chi connectivity index (χ2n) is 4.76. The Morgan fingerprint density at radius 3 is 3.00 bits per heavy atom. The number of amides is 2. The van der Waals surface area contributed by atoms with Crippen LogP contribution in [0.25, 0.3) is 0 Å². The van der Waals surface area contributed by atoms with E-state index in [1.165, 1.54) is 4.90 Å². The van der Waals surface area contributed by atoms with E-state index in [1.807, 2.05) is 0 Å². The van der Waals surface area contributed by atoms with E-state index in [1.54, 1.807) is 14.1 Å². The lowest BCUT2D eigenvalue weighted by molar-refractivity contribution is -0.120. The van der Waals surface area contributed by atoms with Gasteiger partial charge in [0.05, 0.1) is 6.04 Å². The van der Waals surface area contributed by atoms with Crippen LogP contribution in [0, 0.1) is 0 Å². The van der Waals surface area contributed by atoms with Crippen LogP contribution in [0.4, 0.5) is 0 Å². The maximum Gasteiger partial charge on any atom is 0.295 e. The Balaban J connectivity index is 1.93. The van der Waals surface area contributed by atoms with Crippen molar-refractivity contribution in [3.8, 4) is 0 Å². The molecular weight excluding hydrogens is 262 g/mol. The van der Waals surface area contributed by atoms with Crippen LogP contribution in [0.1, 0.15) is 41.8 Å². The highest BCUT2D eigenvalue weighted by Crippen LogP contribution is 2.21. The zero-order chi connectivity index (χ0) is 14.5. The molecule has 8 nitrogen and oxygen atoms in total. The molecule has 8 heteroatoms. The summed E-state index contributed by atoms with van der Waals surface area (Å²) < 4.78 is 5.12. The van der Waals surface area contributed by atoms with Gasteiger partial charge in [-0.2, -0.15) is 4.98 Å². The van der Waals surface area contributed by atoms with E-state index in [9.17, 15) is 9.59 Å². The molecule has 20 heavy (non-hydrogen) atoms. The fourth-order valence-electron chi connectivity index (χ4n) is 2.03. The van der Waals surface area contributed by atoms with Crippen molar-refractivity contribution in [3.05, 3.63) is 11.7 Å². The van der Waals surface area contributed by atoms with Gasteiger partial charge >= 0.3 is 0 Å². The van der Waals surface area contributed by atoms with Crippen molar-refractivity contribution in [3.63, 3.8) is 0 Å². The Bertz CT molecular complexity index is 481. The summed E-state index contributed by atoms with van der Waals surface area (Å²) in [6, 6.07) is 0.0419. The van der Waals surface area contributed by atoms with Crippen molar-refractivity contribution >= 4 is 11.8 Å². The Morgan fingerprint density at radius 1 is 1.55 bits per heavy atom. The molecule has 0 bridgehead atoms. The van der Waals surface area contributed by atoms with Gasteiger partial charge in [0.1, 0.15) is 0 Å². The second-order valence-corrected chi connectivity index (χ2v) is 4.76. The highest BCUT2D eigenvalue weighted by Gasteiger charge is 2.25. The summed E-state index contributed by atoms with van der Waals surface area (Å²) in [6.07, 6.45) is 2.23. The number of hydrogen-bond acceptors (Lipinski definition) is 6. The zero-order valence-corrected chi connectivity index (χ0v) is 11.7. The molecule has 0 aliphatic carbocycles. The molecule has 2 rings (SSSR count). The minimum Gasteiger partial charge on any atom is -0.359 e. The second kappa shape index (κ2) is 6.47. The molecule has 1 atom stereocenters. The van der Waals surface area contributed by atoms with Crippen LogP contribution in [-0.2, 0) is 4.79 Å². The van der Waals surface area contributed by atoms with Crippen LogP contribution in [0.2, 0.25) is 0 Å². The van der Waals surface area contributed by atoms with Crippen LogP contribution in [0.15, 0.2) is 4.52 Å². The lowest BCUT2D eigenvalue weighted by Crippen LogP contribution is -2.32. The van der Waals surface area contributed by atoms with Gasteiger partial charge in [-0.3, -0.25) is 9.59 Å². The largest absolute Gasteiger partial charge is 0.359 e. The first-order valence-electron chi connectivity index (χ1n) is 6.65. The first kappa shape index (κ1) is 14.4. The summed E-state index contributed by atoms with van der Waals surface area (Å²) in [7, 11) is 3.17. The predicted molar refractivity (Wildman–Crippen MR) is 69.9 cm³/mol. The van der Waals surface area contributed by atoms with Crippen molar-refractivity contribution in [2.75, 3.05) is 27.2 Å². The third-order valence-corrected chi connectivity index (χ3v) is 3.29. The highest BCUT2D eigenvalue weighted by atomic mass is 16.5. The number of nitrogens with one attached hydrogen (secondary N) is 2. The molecule has 1 aliphatic heterocycles. The summed E-state index contributed by atoms with van der Waals surface area (Å²) in [5, 5.41) is 9.44. The first-order chi connectivity index (χ1) is 9.61. The molecule has 0 radical (unpaired) electrons. The van der Waals surface area contributed by atoms with E-state index in [4.69, 9.17) is 4.52 Å². The van der Waals surface area contributed by atoms with Crippen LogP contribution < -0.4 is 10.6 Å². The molecular formula is C12H19N5O3. The highest BCUT2D eigenvalue weighted by molar-refractivity contribution is 5.90. The predicted octanol–water partition coefficient (Wildman–Crippen LogP) is -0.298. The van der Waals surface area contributed by atoms with Gasteiger partial charge in [0.15, 0.2) is 0 Å². The SMILES string of the molecule is CNC(=O)CCN(C)C(=O)c1noc(C2CCCN2)n1. The minimum atomic E-state index is -0.345. The third kappa shape index (κ3) is 3.32. The molecule has 1 aromatic rings. The van der Waals surface area contributed by atoms with E-state index in [0.717, 1.165) is 19.4 Å². The van der Waals surface area contributed by atoms with E-state index in [0.29, 0.717) is 12.4 Å². The number of hydrogen-bond donors (Lipinski definition) is 2. The molecule has 2 amide bonds. The fraction of sp³-hybridized carbons (Fsp3) is 0.667. The van der Waals surface area contributed by atoms with Gasteiger partial charge in [0.25, 0.3) is 11.7 Å². The van der Waals surface area contributed by atoms with Crippen molar-refractivity contribution < 1.29 is 14.1 Å². The van der Waals surface area contributed by atoms with Gasteiger partial charge in [-0.1, -0.05) is 5.16 Å². The lowest BCUT2D eigenvalue weighted by atomic mass is 10.2. The molecule has 2 N–H and O–H groups in total. The smallest absolute Gasteiger partial charge is 0.295 e. The van der Waals surface area contributed by atoms with Crippen molar-refractivity contribution in [2.45, 2.75) is 25.3 Å². The van der Waals surface area contributed by atoms with Gasteiger partial charge in [-0.15, -0.1) is 0 Å². The Hall–Kier alpha value is -1.96. The van der Waals surface area contributed by atoms with E-state index in [2.05, 4.69) is 20.8 Å². The van der Waals surface area contributed by atoms with Crippen LogP contribution in [0.5, 0.6) is 0 Å². The molecule has 1 aromatic heterocycles. The maximum absolute atomic E-state index is 12.1. The van der Waals surface area contributed by atoms with Gasteiger partial charge in [0.2, 0.25) is 11.8 Å². The molecule has 1 fully saturated rings. The van der Waals surface area contributed by atoms with Crippen molar-refractivity contribution in [2.24, 2.45) is 0 Å². The number of aromatic nitrogens is 2. The summed E-state index contributed by atoms with van der Waals surface area (Å²) in [4.78, 5) is 28.7. The minimum absolute atomic E-state index is 0.0353. The molecule has 0 saturated carbocycles. The van der Waals surface area contributed by atoms with Gasteiger partial charge in [0, 0.05) is 27.1 Å². The first-order valence-corrected chi connectivity index (χ1v) is 6.65. The fourth-order valence-corrected chi connectivity index (χ4v) is 2.03. The Morgan fingerprint density at radius 2 is 2.35 bits per heavy atom. The van der Waals surface area contributed by atoms with Crippen LogP contribution >= 0.6 is 0 Å². The monoisotopic (exact) mass is 281 g/mol.